The predicted octanol–water partition coefficient (Wildman–Crippen LogP) is 3.04. The summed E-state index contributed by atoms with van der Waals surface area (Å²) in [6.45, 7) is 0. The summed E-state index contributed by atoms with van der Waals surface area (Å²) in [4.78, 5) is 0. The lowest BCUT2D eigenvalue weighted by Gasteiger charge is -2.14. The average Bonchev–Trinajstić information content (AvgIpc) is 2.67. The first-order valence-electron chi connectivity index (χ1n) is 7.66. The molecule has 7 nitrogen and oxygen atoms in total. The molecule has 26 heavy (non-hydrogen) atoms. The van der Waals surface area contributed by atoms with E-state index in [1.54, 1.807) is 40.7 Å². The second-order valence-corrected chi connectivity index (χ2v) is 5.36. The van der Waals surface area contributed by atoms with Gasteiger partial charge in [-0.15, -0.1) is 0 Å². The summed E-state index contributed by atoms with van der Waals surface area (Å²) < 4.78 is 21.3. The highest BCUT2D eigenvalue weighted by molar-refractivity contribution is 7.80. The molecule has 0 amide bonds. The molecule has 0 fully saturated rings. The maximum absolute atomic E-state index is 5.40. The highest BCUT2D eigenvalue weighted by Gasteiger charge is 2.14. The Balaban J connectivity index is 2.09. The number of nitrogens with zero attached hydrogens (tertiary/aromatic N) is 1. The molecule has 0 saturated carbocycles. The van der Waals surface area contributed by atoms with Crippen LogP contribution in [0.5, 0.6) is 23.0 Å². The topological polar surface area (TPSA) is 73.3 Å². The minimum Gasteiger partial charge on any atom is -0.495 e. The van der Waals surface area contributed by atoms with Gasteiger partial charge in [-0.05, 0) is 36.5 Å². The number of methoxy groups -OCH3 is 4. The maximum Gasteiger partial charge on any atom is 0.203 e. The Labute approximate surface area is 157 Å². The van der Waals surface area contributed by atoms with Gasteiger partial charge in [0.15, 0.2) is 16.6 Å². The Morgan fingerprint density at radius 2 is 1.58 bits per heavy atom. The fraction of sp³-hybridized carbons (Fsp3) is 0.222. The fourth-order valence-corrected chi connectivity index (χ4v) is 2.45. The van der Waals surface area contributed by atoms with E-state index in [-0.39, 0.29) is 0 Å². The Hall–Kier alpha value is -3.00. The van der Waals surface area contributed by atoms with Crippen LogP contribution in [0.2, 0.25) is 0 Å². The van der Waals surface area contributed by atoms with E-state index in [0.717, 1.165) is 5.69 Å². The normalized spacial score (nSPS) is 10.3. The molecule has 0 spiro atoms. The number of hydrazone groups is 1. The second-order valence-electron chi connectivity index (χ2n) is 4.95. The van der Waals surface area contributed by atoms with E-state index in [1.165, 1.54) is 0 Å². The second kappa shape index (κ2) is 9.47. The molecule has 0 aliphatic rings. The van der Waals surface area contributed by atoms with Gasteiger partial charge < -0.3 is 24.3 Å². The highest BCUT2D eigenvalue weighted by atomic mass is 32.1. The first-order chi connectivity index (χ1) is 12.6. The summed E-state index contributed by atoms with van der Waals surface area (Å²) in [7, 11) is 6.26. The van der Waals surface area contributed by atoms with Gasteiger partial charge in [-0.3, -0.25) is 5.43 Å². The van der Waals surface area contributed by atoms with Crippen molar-refractivity contribution in [2.75, 3.05) is 33.8 Å². The highest BCUT2D eigenvalue weighted by Crippen LogP contribution is 2.38. The third-order valence-corrected chi connectivity index (χ3v) is 3.65. The lowest BCUT2D eigenvalue weighted by molar-refractivity contribution is 0.324. The van der Waals surface area contributed by atoms with Crippen molar-refractivity contribution in [2.45, 2.75) is 0 Å². The molecule has 2 aromatic rings. The number of nitrogens with one attached hydrogen (secondary N) is 2. The van der Waals surface area contributed by atoms with Crippen molar-refractivity contribution in [3.63, 3.8) is 0 Å². The smallest absolute Gasteiger partial charge is 0.203 e. The van der Waals surface area contributed by atoms with E-state index in [2.05, 4.69) is 15.8 Å². The third kappa shape index (κ3) is 4.54. The van der Waals surface area contributed by atoms with E-state index >= 15 is 0 Å². The van der Waals surface area contributed by atoms with Crippen molar-refractivity contribution in [3.8, 4) is 23.0 Å². The van der Waals surface area contributed by atoms with E-state index in [9.17, 15) is 0 Å². The number of ether oxygens (including phenoxy) is 4. The van der Waals surface area contributed by atoms with Crippen LogP contribution in [0.25, 0.3) is 0 Å². The summed E-state index contributed by atoms with van der Waals surface area (Å²) in [6.07, 6.45) is 1.58. The molecule has 0 radical (unpaired) electrons. The van der Waals surface area contributed by atoms with Crippen molar-refractivity contribution in [3.05, 3.63) is 42.0 Å². The number of benzene rings is 2. The van der Waals surface area contributed by atoms with Gasteiger partial charge in [-0.2, -0.15) is 5.10 Å². The number of thiocarbonyl (C=S) groups is 1. The van der Waals surface area contributed by atoms with Gasteiger partial charge in [0.1, 0.15) is 5.75 Å². The molecule has 2 N–H and O–H groups in total. The Morgan fingerprint density at radius 1 is 0.885 bits per heavy atom. The van der Waals surface area contributed by atoms with Crippen molar-refractivity contribution in [2.24, 2.45) is 5.10 Å². The molecule has 2 aromatic carbocycles. The minimum absolute atomic E-state index is 0.324. The van der Waals surface area contributed by atoms with Crippen LogP contribution in [0, 0.1) is 0 Å². The first kappa shape index (κ1) is 19.3. The van der Waals surface area contributed by atoms with Crippen LogP contribution in [0.15, 0.2) is 41.5 Å². The van der Waals surface area contributed by atoms with E-state index < -0.39 is 0 Å². The van der Waals surface area contributed by atoms with E-state index in [4.69, 9.17) is 31.2 Å². The van der Waals surface area contributed by atoms with Crippen molar-refractivity contribution in [1.29, 1.82) is 0 Å². The summed E-state index contributed by atoms with van der Waals surface area (Å²) >= 11 is 5.24. The Morgan fingerprint density at radius 3 is 2.23 bits per heavy atom. The number of rotatable bonds is 7. The molecule has 0 aliphatic carbocycles. The molecule has 2 rings (SSSR count). The van der Waals surface area contributed by atoms with Crippen molar-refractivity contribution in [1.82, 2.24) is 5.43 Å². The molecule has 0 aliphatic heterocycles. The van der Waals surface area contributed by atoms with Crippen LogP contribution in [0.3, 0.4) is 0 Å². The Kier molecular flexibility index (Phi) is 7.04. The maximum atomic E-state index is 5.40. The van der Waals surface area contributed by atoms with Gasteiger partial charge >= 0.3 is 0 Å². The first-order valence-corrected chi connectivity index (χ1v) is 8.07. The molecule has 0 unspecified atom stereocenters. The number of hydrogen-bond acceptors (Lipinski definition) is 6. The molecule has 138 valence electrons. The lowest BCUT2D eigenvalue weighted by Crippen LogP contribution is -2.24. The van der Waals surface area contributed by atoms with Gasteiger partial charge in [0.05, 0.1) is 40.3 Å². The molecular weight excluding hydrogens is 354 g/mol. The van der Waals surface area contributed by atoms with Crippen LogP contribution in [0.4, 0.5) is 5.69 Å². The van der Waals surface area contributed by atoms with Gasteiger partial charge in [-0.25, -0.2) is 0 Å². The minimum atomic E-state index is 0.324. The largest absolute Gasteiger partial charge is 0.495 e. The van der Waals surface area contributed by atoms with E-state index in [0.29, 0.717) is 33.7 Å². The summed E-state index contributed by atoms with van der Waals surface area (Å²) in [5.74, 6) is 2.26. The van der Waals surface area contributed by atoms with Crippen molar-refractivity contribution >= 4 is 29.2 Å². The number of para-hydroxylation sites is 2. The molecule has 0 aromatic heterocycles. The molecule has 8 heteroatoms. The van der Waals surface area contributed by atoms with Crippen LogP contribution in [0.1, 0.15) is 5.56 Å². The van der Waals surface area contributed by atoms with Gasteiger partial charge in [0, 0.05) is 5.56 Å². The van der Waals surface area contributed by atoms with Crippen LogP contribution in [-0.4, -0.2) is 39.8 Å². The Bertz CT molecular complexity index is 796. The number of anilines is 1. The van der Waals surface area contributed by atoms with Crippen LogP contribution < -0.4 is 29.7 Å². The standard InChI is InChI=1S/C18H21N3O4S/c1-22-14-8-6-5-7-13(14)20-18(26)21-19-11-12-9-10-15(23-2)17(25-4)16(12)24-3/h5-11H,1-4H3,(H2,20,21,26). The average molecular weight is 375 g/mol. The molecular formula is C18H21N3O4S. The van der Waals surface area contributed by atoms with Gasteiger partial charge in [0.25, 0.3) is 0 Å². The van der Waals surface area contributed by atoms with Gasteiger partial charge in [0.2, 0.25) is 5.75 Å². The third-order valence-electron chi connectivity index (χ3n) is 3.46. The molecule has 0 bridgehead atoms. The number of hydrogen-bond donors (Lipinski definition) is 2. The summed E-state index contributed by atoms with van der Waals surface area (Å²) in [5.41, 5.74) is 4.20. The zero-order chi connectivity index (χ0) is 18.9. The zero-order valence-corrected chi connectivity index (χ0v) is 15.8. The lowest BCUT2D eigenvalue weighted by atomic mass is 10.2. The molecule has 0 saturated heterocycles. The summed E-state index contributed by atoms with van der Waals surface area (Å²) in [6, 6.07) is 11.0. The van der Waals surface area contributed by atoms with Crippen LogP contribution >= 0.6 is 12.2 Å². The molecule has 0 atom stereocenters. The quantitative estimate of drug-likeness (QED) is 0.438. The zero-order valence-electron chi connectivity index (χ0n) is 15.0. The fourth-order valence-electron chi connectivity index (χ4n) is 2.28. The SMILES string of the molecule is COc1ccccc1NC(=S)NN=Cc1ccc(OC)c(OC)c1OC. The van der Waals surface area contributed by atoms with Crippen molar-refractivity contribution < 1.29 is 18.9 Å². The monoisotopic (exact) mass is 375 g/mol. The predicted molar refractivity (Wildman–Crippen MR) is 106 cm³/mol. The van der Waals surface area contributed by atoms with Crippen LogP contribution in [-0.2, 0) is 0 Å². The van der Waals surface area contributed by atoms with E-state index in [1.807, 2.05) is 30.3 Å². The molecule has 0 heterocycles. The summed E-state index contributed by atoms with van der Waals surface area (Å²) in [5, 5.41) is 7.48. The van der Waals surface area contributed by atoms with Gasteiger partial charge in [-0.1, -0.05) is 12.1 Å².